The van der Waals surface area contributed by atoms with Crippen molar-refractivity contribution in [2.24, 2.45) is 0 Å². The van der Waals surface area contributed by atoms with Gasteiger partial charge in [0, 0.05) is 36.0 Å². The summed E-state index contributed by atoms with van der Waals surface area (Å²) in [6.07, 6.45) is 6.63. The normalized spacial score (nSPS) is 10.5. The molecule has 2 aromatic rings. The number of benzene rings is 1. The monoisotopic (exact) mass is 387 g/mol. The van der Waals surface area contributed by atoms with E-state index in [1.165, 1.54) is 0 Å². The average Bonchev–Trinajstić information content (AvgIpc) is 2.90. The van der Waals surface area contributed by atoms with Gasteiger partial charge in [-0.2, -0.15) is 0 Å². The van der Waals surface area contributed by atoms with Crippen molar-refractivity contribution < 1.29 is 4.74 Å². The van der Waals surface area contributed by atoms with Crippen LogP contribution in [-0.2, 0) is 6.54 Å². The fraction of sp³-hybridized carbons (Fsp3) is 0.308. The van der Waals surface area contributed by atoms with Gasteiger partial charge >= 0.3 is 0 Å². The van der Waals surface area contributed by atoms with E-state index in [2.05, 4.69) is 46.7 Å². The number of nitrogens with one attached hydrogen (secondary N) is 1. The number of halogens is 2. The first-order valence-electron chi connectivity index (χ1n) is 5.93. The van der Waals surface area contributed by atoms with Gasteiger partial charge in [-0.05, 0) is 44.3 Å². The van der Waals surface area contributed by atoms with Gasteiger partial charge in [-0.3, -0.25) is 0 Å². The Morgan fingerprint density at radius 2 is 2.16 bits per heavy atom. The summed E-state index contributed by atoms with van der Waals surface area (Å²) in [5.41, 5.74) is 1.03. The minimum atomic E-state index is 0.820. The average molecular weight is 389 g/mol. The van der Waals surface area contributed by atoms with Gasteiger partial charge in [0.2, 0.25) is 0 Å². The third kappa shape index (κ3) is 3.98. The molecule has 0 amide bonds. The van der Waals surface area contributed by atoms with Gasteiger partial charge in [-0.1, -0.05) is 0 Å². The molecule has 0 aliphatic heterocycles. The number of anilines is 1. The summed E-state index contributed by atoms with van der Waals surface area (Å²) < 4.78 is 9.31. The minimum Gasteiger partial charge on any atom is -0.495 e. The number of ether oxygens (including phenoxy) is 1. The molecular formula is C13H15Br2N3O. The highest BCUT2D eigenvalue weighted by Crippen LogP contribution is 2.34. The summed E-state index contributed by atoms with van der Waals surface area (Å²) >= 11 is 6.99. The number of nitrogens with zero attached hydrogens (tertiary/aromatic N) is 2. The lowest BCUT2D eigenvalue weighted by Gasteiger charge is -2.12. The lowest BCUT2D eigenvalue weighted by Crippen LogP contribution is -2.06. The van der Waals surface area contributed by atoms with Gasteiger partial charge in [-0.25, -0.2) is 4.98 Å². The van der Waals surface area contributed by atoms with Crippen molar-refractivity contribution in [3.05, 3.63) is 39.8 Å². The Morgan fingerprint density at radius 1 is 1.32 bits per heavy atom. The first-order valence-corrected chi connectivity index (χ1v) is 7.52. The van der Waals surface area contributed by atoms with Crippen molar-refractivity contribution in [3.63, 3.8) is 0 Å². The lowest BCUT2D eigenvalue weighted by atomic mass is 10.3. The lowest BCUT2D eigenvalue weighted by molar-refractivity contribution is 0.412. The van der Waals surface area contributed by atoms with E-state index >= 15 is 0 Å². The van der Waals surface area contributed by atoms with Crippen LogP contribution < -0.4 is 10.1 Å². The largest absolute Gasteiger partial charge is 0.495 e. The molecule has 0 fully saturated rings. The Morgan fingerprint density at radius 3 is 2.84 bits per heavy atom. The summed E-state index contributed by atoms with van der Waals surface area (Å²) in [4.78, 5) is 4.02. The topological polar surface area (TPSA) is 39.1 Å². The molecule has 0 aliphatic rings. The molecule has 0 unspecified atom stereocenters. The second kappa shape index (κ2) is 6.96. The number of hydrogen-bond donors (Lipinski definition) is 1. The Balaban J connectivity index is 1.88. The summed E-state index contributed by atoms with van der Waals surface area (Å²) in [7, 11) is 1.66. The summed E-state index contributed by atoms with van der Waals surface area (Å²) in [5, 5.41) is 3.40. The first kappa shape index (κ1) is 14.4. The molecule has 102 valence electrons. The predicted octanol–water partition coefficient (Wildman–Crippen LogP) is 3.92. The third-order valence-corrected chi connectivity index (χ3v) is 3.99. The van der Waals surface area contributed by atoms with Crippen molar-refractivity contribution in [1.82, 2.24) is 9.55 Å². The molecule has 1 N–H and O–H groups in total. The SMILES string of the molecule is COc1cc(NCCCn2ccnc2)c(Br)cc1Br. The van der Waals surface area contributed by atoms with E-state index in [0.717, 1.165) is 39.9 Å². The maximum Gasteiger partial charge on any atom is 0.135 e. The maximum absolute atomic E-state index is 5.29. The standard InChI is InChI=1S/C13H15Br2N3O/c1-19-13-8-12(10(14)7-11(13)15)17-3-2-5-18-6-4-16-9-18/h4,6-9,17H,2-3,5H2,1H3. The zero-order valence-electron chi connectivity index (χ0n) is 10.6. The van der Waals surface area contributed by atoms with E-state index in [-0.39, 0.29) is 0 Å². The zero-order valence-corrected chi connectivity index (χ0v) is 13.7. The molecule has 2 rings (SSSR count). The fourth-order valence-corrected chi connectivity index (χ4v) is 3.02. The summed E-state index contributed by atoms with van der Waals surface area (Å²) in [6, 6.07) is 3.96. The van der Waals surface area contributed by atoms with Crippen LogP contribution in [0.4, 0.5) is 5.69 Å². The van der Waals surface area contributed by atoms with E-state index in [9.17, 15) is 0 Å². The quantitative estimate of drug-likeness (QED) is 0.762. The van der Waals surface area contributed by atoms with E-state index in [0.29, 0.717) is 0 Å². The molecule has 1 aromatic heterocycles. The molecule has 4 nitrogen and oxygen atoms in total. The van der Waals surface area contributed by atoms with Gasteiger partial charge in [0.25, 0.3) is 0 Å². The smallest absolute Gasteiger partial charge is 0.135 e. The van der Waals surface area contributed by atoms with Gasteiger partial charge in [0.15, 0.2) is 0 Å². The van der Waals surface area contributed by atoms with Crippen LogP contribution in [0.5, 0.6) is 5.75 Å². The summed E-state index contributed by atoms with van der Waals surface area (Å²) in [6.45, 7) is 1.85. The maximum atomic E-state index is 5.29. The number of rotatable bonds is 6. The van der Waals surface area contributed by atoms with Crippen molar-refractivity contribution >= 4 is 37.5 Å². The number of aromatic nitrogens is 2. The van der Waals surface area contributed by atoms with Crippen molar-refractivity contribution in [1.29, 1.82) is 0 Å². The van der Waals surface area contributed by atoms with Crippen molar-refractivity contribution in [2.45, 2.75) is 13.0 Å². The number of imidazole rings is 1. The van der Waals surface area contributed by atoms with E-state index in [1.807, 2.05) is 24.7 Å². The molecule has 6 heteroatoms. The molecular weight excluding hydrogens is 374 g/mol. The molecule has 0 radical (unpaired) electrons. The Hall–Kier alpha value is -1.01. The Labute approximate surface area is 129 Å². The highest BCUT2D eigenvalue weighted by atomic mass is 79.9. The number of methoxy groups -OCH3 is 1. The van der Waals surface area contributed by atoms with Gasteiger partial charge in [-0.15, -0.1) is 0 Å². The molecule has 1 heterocycles. The van der Waals surface area contributed by atoms with Crippen LogP contribution in [0.3, 0.4) is 0 Å². The Bertz CT molecular complexity index is 529. The minimum absolute atomic E-state index is 0.820. The molecule has 0 atom stereocenters. The van der Waals surface area contributed by atoms with Crippen LogP contribution in [0.1, 0.15) is 6.42 Å². The fourth-order valence-electron chi connectivity index (χ4n) is 1.72. The zero-order chi connectivity index (χ0) is 13.7. The molecule has 0 bridgehead atoms. The Kier molecular flexibility index (Phi) is 5.27. The second-order valence-electron chi connectivity index (χ2n) is 4.05. The van der Waals surface area contributed by atoms with Gasteiger partial charge < -0.3 is 14.6 Å². The van der Waals surface area contributed by atoms with Crippen LogP contribution in [0.2, 0.25) is 0 Å². The van der Waals surface area contributed by atoms with E-state index in [1.54, 1.807) is 13.3 Å². The predicted molar refractivity (Wildman–Crippen MR) is 83.7 cm³/mol. The van der Waals surface area contributed by atoms with E-state index < -0.39 is 0 Å². The van der Waals surface area contributed by atoms with Gasteiger partial charge in [0.05, 0.1) is 23.6 Å². The molecule has 0 aliphatic carbocycles. The van der Waals surface area contributed by atoms with Gasteiger partial charge in [0.1, 0.15) is 5.75 Å². The molecule has 0 saturated heterocycles. The first-order chi connectivity index (χ1) is 9.20. The number of aryl methyl sites for hydroxylation is 1. The molecule has 0 saturated carbocycles. The van der Waals surface area contributed by atoms with Crippen LogP contribution in [0.25, 0.3) is 0 Å². The molecule has 1 aromatic carbocycles. The van der Waals surface area contributed by atoms with Crippen molar-refractivity contribution in [3.8, 4) is 5.75 Å². The van der Waals surface area contributed by atoms with Crippen LogP contribution in [0.15, 0.2) is 39.8 Å². The second-order valence-corrected chi connectivity index (χ2v) is 5.76. The van der Waals surface area contributed by atoms with Crippen LogP contribution in [-0.4, -0.2) is 23.2 Å². The highest BCUT2D eigenvalue weighted by Gasteiger charge is 2.06. The van der Waals surface area contributed by atoms with Crippen LogP contribution >= 0.6 is 31.9 Å². The van der Waals surface area contributed by atoms with E-state index in [4.69, 9.17) is 4.74 Å². The van der Waals surface area contributed by atoms with Crippen molar-refractivity contribution in [2.75, 3.05) is 19.0 Å². The highest BCUT2D eigenvalue weighted by molar-refractivity contribution is 9.11. The van der Waals surface area contributed by atoms with Crippen LogP contribution in [0, 0.1) is 0 Å². The molecule has 19 heavy (non-hydrogen) atoms. The third-order valence-electron chi connectivity index (χ3n) is 2.71. The molecule has 0 spiro atoms. The number of hydrogen-bond acceptors (Lipinski definition) is 3. The summed E-state index contributed by atoms with van der Waals surface area (Å²) in [5.74, 6) is 0.820.